The third kappa shape index (κ3) is 4.25. The molecule has 2 heterocycles. The summed E-state index contributed by atoms with van der Waals surface area (Å²) in [5, 5.41) is 0. The molecular formula is C28H36F2N2O. The minimum absolute atomic E-state index is 0.0855. The van der Waals surface area contributed by atoms with Gasteiger partial charge in [0.15, 0.2) is 0 Å². The maximum absolute atomic E-state index is 14.7. The molecule has 5 rings (SSSR count). The number of halogens is 2. The number of benzene rings is 2. The van der Waals surface area contributed by atoms with Gasteiger partial charge in [-0.1, -0.05) is 39.8 Å². The Hall–Kier alpha value is -2.14. The normalized spacial score (nSPS) is 25.0. The van der Waals surface area contributed by atoms with Gasteiger partial charge in [0.2, 0.25) is 0 Å². The van der Waals surface area contributed by atoms with Gasteiger partial charge < -0.3 is 14.5 Å². The van der Waals surface area contributed by atoms with E-state index in [1.54, 1.807) is 12.1 Å². The second kappa shape index (κ2) is 8.26. The fourth-order valence-corrected chi connectivity index (χ4v) is 6.14. The van der Waals surface area contributed by atoms with Crippen LogP contribution >= 0.6 is 0 Å². The predicted octanol–water partition coefficient (Wildman–Crippen LogP) is 6.12. The van der Waals surface area contributed by atoms with Gasteiger partial charge in [0.25, 0.3) is 0 Å². The van der Waals surface area contributed by atoms with Gasteiger partial charge >= 0.3 is 0 Å². The fourth-order valence-electron chi connectivity index (χ4n) is 6.14. The molecule has 5 heteroatoms. The number of hydrogen-bond acceptors (Lipinski definition) is 3. The first-order chi connectivity index (χ1) is 15.7. The van der Waals surface area contributed by atoms with Crippen LogP contribution in [0, 0.1) is 23.0 Å². The number of fused-ring (bicyclic) bond motifs is 1. The fraction of sp³-hybridized carbons (Fsp3) is 0.571. The van der Waals surface area contributed by atoms with E-state index in [4.69, 9.17) is 4.74 Å². The van der Waals surface area contributed by atoms with Crippen LogP contribution in [-0.4, -0.2) is 39.4 Å². The summed E-state index contributed by atoms with van der Waals surface area (Å²) in [6.07, 6.45) is 2.23. The summed E-state index contributed by atoms with van der Waals surface area (Å²) in [7, 11) is 0. The Labute approximate surface area is 196 Å². The average Bonchev–Trinajstić information content (AvgIpc) is 3.32. The van der Waals surface area contributed by atoms with E-state index in [0.717, 1.165) is 38.3 Å². The van der Waals surface area contributed by atoms with E-state index in [1.807, 2.05) is 24.3 Å². The lowest BCUT2D eigenvalue weighted by atomic mass is 9.75. The van der Waals surface area contributed by atoms with E-state index in [1.165, 1.54) is 17.5 Å². The Kier molecular flexibility index (Phi) is 5.67. The van der Waals surface area contributed by atoms with Crippen LogP contribution in [0.15, 0.2) is 36.4 Å². The SMILES string of the molecule is CC(C)c1ccc(F)c(N2CC3CC3(CC(C)(C)c3ccc(F)c(N4CCOCC4)c3)C2)c1. The van der Waals surface area contributed by atoms with Gasteiger partial charge in [0, 0.05) is 26.2 Å². The number of ether oxygens (including phenoxy) is 1. The summed E-state index contributed by atoms with van der Waals surface area (Å²) < 4.78 is 34.8. The van der Waals surface area contributed by atoms with Crippen LogP contribution in [0.1, 0.15) is 57.6 Å². The van der Waals surface area contributed by atoms with E-state index in [0.29, 0.717) is 30.7 Å². The van der Waals surface area contributed by atoms with Crippen LogP contribution in [0.3, 0.4) is 0 Å². The summed E-state index contributed by atoms with van der Waals surface area (Å²) in [5.41, 5.74) is 3.94. The molecule has 0 bridgehead atoms. The Balaban J connectivity index is 1.34. The molecule has 2 aromatic rings. The molecule has 1 aliphatic carbocycles. The molecule has 0 N–H and O–H groups in total. The Bertz CT molecular complexity index is 1030. The highest BCUT2D eigenvalue weighted by Crippen LogP contribution is 2.63. The Morgan fingerprint density at radius 2 is 1.67 bits per heavy atom. The summed E-state index contributed by atoms with van der Waals surface area (Å²) in [4.78, 5) is 4.35. The minimum atomic E-state index is -0.161. The molecule has 33 heavy (non-hydrogen) atoms. The van der Waals surface area contributed by atoms with Crippen molar-refractivity contribution in [3.63, 3.8) is 0 Å². The lowest BCUT2D eigenvalue weighted by Gasteiger charge is -2.34. The summed E-state index contributed by atoms with van der Waals surface area (Å²) in [6.45, 7) is 13.4. The number of morpholine rings is 1. The molecule has 2 aliphatic heterocycles. The second-order valence-electron chi connectivity index (χ2n) is 11.3. The van der Waals surface area contributed by atoms with Crippen LogP contribution in [0.5, 0.6) is 0 Å². The maximum atomic E-state index is 14.7. The first-order valence-electron chi connectivity index (χ1n) is 12.4. The minimum Gasteiger partial charge on any atom is -0.378 e. The first kappa shape index (κ1) is 22.6. The molecule has 2 saturated heterocycles. The smallest absolute Gasteiger partial charge is 0.146 e. The zero-order valence-corrected chi connectivity index (χ0v) is 20.3. The van der Waals surface area contributed by atoms with Crippen molar-refractivity contribution in [3.05, 3.63) is 59.2 Å². The van der Waals surface area contributed by atoms with Crippen molar-refractivity contribution in [1.29, 1.82) is 0 Å². The summed E-state index contributed by atoms with van der Waals surface area (Å²) >= 11 is 0. The number of nitrogens with zero attached hydrogens (tertiary/aromatic N) is 2. The van der Waals surface area contributed by atoms with Gasteiger partial charge in [-0.3, -0.25) is 0 Å². The van der Waals surface area contributed by atoms with Gasteiger partial charge in [0.1, 0.15) is 11.6 Å². The van der Waals surface area contributed by atoms with Crippen molar-refractivity contribution in [3.8, 4) is 0 Å². The zero-order chi connectivity index (χ0) is 23.4. The van der Waals surface area contributed by atoms with Crippen LogP contribution in [-0.2, 0) is 10.2 Å². The molecule has 0 amide bonds. The number of anilines is 2. The standard InChI is InChI=1S/C28H36F2N2O/c1-19(2)20-5-7-23(29)25(13-20)32-16-22-15-28(22,18-32)17-27(3,4)21-6-8-24(30)26(14-21)31-9-11-33-12-10-31/h5-8,13-14,19,22H,9-12,15-18H2,1-4H3. The highest BCUT2D eigenvalue weighted by Gasteiger charge is 2.61. The Morgan fingerprint density at radius 1 is 1.00 bits per heavy atom. The first-order valence-corrected chi connectivity index (χ1v) is 12.4. The van der Waals surface area contributed by atoms with Crippen LogP contribution in [0.25, 0.3) is 0 Å². The second-order valence-corrected chi connectivity index (χ2v) is 11.3. The van der Waals surface area contributed by atoms with E-state index < -0.39 is 0 Å². The molecule has 0 aromatic heterocycles. The van der Waals surface area contributed by atoms with Crippen molar-refractivity contribution in [2.75, 3.05) is 49.2 Å². The van der Waals surface area contributed by atoms with Crippen LogP contribution < -0.4 is 9.80 Å². The molecular weight excluding hydrogens is 418 g/mol. The van der Waals surface area contributed by atoms with Gasteiger partial charge in [-0.15, -0.1) is 0 Å². The Morgan fingerprint density at radius 3 is 2.36 bits per heavy atom. The van der Waals surface area contributed by atoms with Crippen LogP contribution in [0.2, 0.25) is 0 Å². The van der Waals surface area contributed by atoms with E-state index in [9.17, 15) is 8.78 Å². The highest BCUT2D eigenvalue weighted by atomic mass is 19.1. The number of rotatable bonds is 6. The van der Waals surface area contributed by atoms with Crippen molar-refractivity contribution in [1.82, 2.24) is 0 Å². The molecule has 3 aliphatic rings. The van der Waals surface area contributed by atoms with Gasteiger partial charge in [-0.2, -0.15) is 0 Å². The van der Waals surface area contributed by atoms with Crippen molar-refractivity contribution < 1.29 is 13.5 Å². The zero-order valence-electron chi connectivity index (χ0n) is 20.3. The van der Waals surface area contributed by atoms with Crippen molar-refractivity contribution in [2.24, 2.45) is 11.3 Å². The molecule has 178 valence electrons. The maximum Gasteiger partial charge on any atom is 0.146 e. The predicted molar refractivity (Wildman–Crippen MR) is 130 cm³/mol. The molecule has 0 radical (unpaired) electrons. The molecule has 2 unspecified atom stereocenters. The largest absolute Gasteiger partial charge is 0.378 e. The summed E-state index contributed by atoms with van der Waals surface area (Å²) in [6, 6.07) is 11.2. The van der Waals surface area contributed by atoms with E-state index >= 15 is 0 Å². The highest BCUT2D eigenvalue weighted by molar-refractivity contribution is 5.54. The monoisotopic (exact) mass is 454 g/mol. The van der Waals surface area contributed by atoms with E-state index in [-0.39, 0.29) is 22.5 Å². The van der Waals surface area contributed by atoms with Crippen molar-refractivity contribution >= 4 is 11.4 Å². The quantitative estimate of drug-likeness (QED) is 0.523. The van der Waals surface area contributed by atoms with E-state index in [2.05, 4.69) is 37.5 Å². The molecule has 3 fully saturated rings. The third-order valence-electron chi connectivity index (χ3n) is 8.16. The molecule has 1 saturated carbocycles. The summed E-state index contributed by atoms with van der Waals surface area (Å²) in [5.74, 6) is 0.710. The number of piperidine rings is 1. The topological polar surface area (TPSA) is 15.7 Å². The lowest BCUT2D eigenvalue weighted by Crippen LogP contribution is -2.37. The lowest BCUT2D eigenvalue weighted by molar-refractivity contribution is 0.122. The van der Waals surface area contributed by atoms with Gasteiger partial charge in [0.05, 0.1) is 24.6 Å². The van der Waals surface area contributed by atoms with Crippen molar-refractivity contribution in [2.45, 2.75) is 51.9 Å². The third-order valence-corrected chi connectivity index (χ3v) is 8.16. The number of hydrogen-bond donors (Lipinski definition) is 0. The molecule has 0 spiro atoms. The van der Waals surface area contributed by atoms with Gasteiger partial charge in [-0.05, 0) is 70.9 Å². The molecule has 2 atom stereocenters. The average molecular weight is 455 g/mol. The molecule has 2 aromatic carbocycles. The van der Waals surface area contributed by atoms with Crippen LogP contribution in [0.4, 0.5) is 20.2 Å². The van der Waals surface area contributed by atoms with Gasteiger partial charge in [-0.25, -0.2) is 8.78 Å². The molecule has 3 nitrogen and oxygen atoms in total.